The van der Waals surface area contributed by atoms with Crippen molar-refractivity contribution in [1.82, 2.24) is 14.9 Å². The van der Waals surface area contributed by atoms with Gasteiger partial charge in [0.2, 0.25) is 5.91 Å². The summed E-state index contributed by atoms with van der Waals surface area (Å²) in [5.41, 5.74) is 1.85. The highest BCUT2D eigenvalue weighted by molar-refractivity contribution is 6.01. The average molecular weight is 417 g/mol. The minimum atomic E-state index is -4.49. The number of hydrogen-bond donors (Lipinski definition) is 3. The number of aromatic nitrogens is 2. The zero-order valence-corrected chi connectivity index (χ0v) is 15.7. The van der Waals surface area contributed by atoms with Gasteiger partial charge in [-0.05, 0) is 37.1 Å². The van der Waals surface area contributed by atoms with Crippen LogP contribution in [0.3, 0.4) is 0 Å². The topological polar surface area (TPSA) is 88.1 Å². The van der Waals surface area contributed by atoms with Gasteiger partial charge in [-0.2, -0.15) is 13.2 Å². The second kappa shape index (κ2) is 7.69. The Morgan fingerprint density at radius 3 is 2.67 bits per heavy atom. The van der Waals surface area contributed by atoms with Crippen molar-refractivity contribution in [2.24, 2.45) is 5.92 Å². The molecule has 1 aromatic carbocycles. The molecule has 0 aliphatic heterocycles. The van der Waals surface area contributed by atoms with Gasteiger partial charge in [-0.25, -0.2) is 9.78 Å². The number of carbonyl (C=O) groups is 2. The summed E-state index contributed by atoms with van der Waals surface area (Å²) < 4.78 is 38.7. The van der Waals surface area contributed by atoms with Gasteiger partial charge >= 0.3 is 12.2 Å². The van der Waals surface area contributed by atoms with Crippen LogP contribution >= 0.6 is 0 Å². The quantitative estimate of drug-likeness (QED) is 0.585. The van der Waals surface area contributed by atoms with E-state index in [2.05, 4.69) is 15.6 Å². The molecule has 0 spiro atoms. The van der Waals surface area contributed by atoms with Crippen molar-refractivity contribution in [2.75, 3.05) is 17.2 Å². The first-order valence-electron chi connectivity index (χ1n) is 9.29. The van der Waals surface area contributed by atoms with Crippen molar-refractivity contribution in [3.05, 3.63) is 48.8 Å². The molecule has 0 unspecified atom stereocenters. The number of benzene rings is 1. The van der Waals surface area contributed by atoms with Crippen LogP contribution in [0.4, 0.5) is 29.5 Å². The number of fused-ring (bicyclic) bond motifs is 1. The van der Waals surface area contributed by atoms with E-state index < -0.39 is 18.8 Å². The molecule has 30 heavy (non-hydrogen) atoms. The van der Waals surface area contributed by atoms with E-state index in [9.17, 15) is 22.8 Å². The fraction of sp³-hybridized carbons (Fsp3) is 0.250. The first kappa shape index (κ1) is 19.7. The maximum atomic E-state index is 12.3. The maximum absolute atomic E-state index is 12.3. The first-order chi connectivity index (χ1) is 14.3. The molecule has 1 aliphatic carbocycles. The standard InChI is InChI=1S/C20H18F3N5O2/c21-20(22,23)11-25-19(30)26-15-2-1-3-16-14(15)7-9-28(16)13-6-8-24-17(10-13)27-18(29)12-4-5-12/h1-3,6-10,12H,4-5,11H2,(H,24,27,29)(H2,25,26,30). The molecule has 3 amide bonds. The van der Waals surface area contributed by atoms with Gasteiger partial charge in [0.1, 0.15) is 12.4 Å². The third kappa shape index (κ3) is 4.53. The summed E-state index contributed by atoms with van der Waals surface area (Å²) in [4.78, 5) is 28.0. The number of alkyl halides is 3. The minimum absolute atomic E-state index is 0.0478. The predicted octanol–water partition coefficient (Wildman–Crippen LogP) is 4.06. The molecule has 3 aromatic rings. The molecule has 2 aromatic heterocycles. The Labute approximate surface area is 169 Å². The van der Waals surface area contributed by atoms with Crippen LogP contribution in [0.5, 0.6) is 0 Å². The van der Waals surface area contributed by atoms with Crippen molar-refractivity contribution < 1.29 is 22.8 Å². The van der Waals surface area contributed by atoms with E-state index in [4.69, 9.17) is 0 Å². The molecule has 1 saturated carbocycles. The Bertz CT molecular complexity index is 1110. The number of nitrogens with zero attached hydrogens (tertiary/aromatic N) is 2. The van der Waals surface area contributed by atoms with Gasteiger partial charge in [0.15, 0.2) is 0 Å². The monoisotopic (exact) mass is 417 g/mol. The summed E-state index contributed by atoms with van der Waals surface area (Å²) in [5.74, 6) is 0.445. The normalized spacial score (nSPS) is 13.8. The van der Waals surface area contributed by atoms with Crippen LogP contribution in [-0.2, 0) is 4.79 Å². The number of pyridine rings is 1. The number of halogens is 3. The van der Waals surface area contributed by atoms with Crippen molar-refractivity contribution in [2.45, 2.75) is 19.0 Å². The molecule has 1 fully saturated rings. The summed E-state index contributed by atoms with van der Waals surface area (Å²) in [5, 5.41) is 7.68. The van der Waals surface area contributed by atoms with Crippen molar-refractivity contribution in [3.8, 4) is 5.69 Å². The van der Waals surface area contributed by atoms with Crippen molar-refractivity contribution in [3.63, 3.8) is 0 Å². The predicted molar refractivity (Wildman–Crippen MR) is 106 cm³/mol. The molecule has 0 bridgehead atoms. The summed E-state index contributed by atoms with van der Waals surface area (Å²) >= 11 is 0. The Hall–Kier alpha value is -3.56. The number of amides is 3. The zero-order chi connectivity index (χ0) is 21.3. The van der Waals surface area contributed by atoms with E-state index in [1.807, 2.05) is 10.6 Å². The molecule has 3 N–H and O–H groups in total. The van der Waals surface area contributed by atoms with E-state index >= 15 is 0 Å². The third-order valence-electron chi connectivity index (χ3n) is 4.65. The molecule has 0 saturated heterocycles. The Balaban J connectivity index is 1.56. The number of urea groups is 1. The average Bonchev–Trinajstić information content (AvgIpc) is 3.46. The van der Waals surface area contributed by atoms with Gasteiger partial charge in [0.25, 0.3) is 0 Å². The molecule has 10 heteroatoms. The summed E-state index contributed by atoms with van der Waals surface area (Å²) in [6.45, 7) is -1.41. The molecule has 0 radical (unpaired) electrons. The van der Waals surface area contributed by atoms with E-state index in [0.717, 1.165) is 24.0 Å². The highest BCUT2D eigenvalue weighted by Crippen LogP contribution is 2.31. The highest BCUT2D eigenvalue weighted by Gasteiger charge is 2.30. The van der Waals surface area contributed by atoms with E-state index in [-0.39, 0.29) is 11.8 Å². The first-order valence-corrected chi connectivity index (χ1v) is 9.29. The van der Waals surface area contributed by atoms with Crippen LogP contribution in [0, 0.1) is 5.92 Å². The van der Waals surface area contributed by atoms with Gasteiger partial charge in [0, 0.05) is 29.8 Å². The molecule has 4 rings (SSSR count). The second-order valence-corrected chi connectivity index (χ2v) is 7.01. The Morgan fingerprint density at radius 1 is 1.13 bits per heavy atom. The Kier molecular flexibility index (Phi) is 5.06. The number of anilines is 2. The van der Waals surface area contributed by atoms with Gasteiger partial charge in [0.05, 0.1) is 16.9 Å². The van der Waals surface area contributed by atoms with E-state index in [0.29, 0.717) is 16.9 Å². The summed E-state index contributed by atoms with van der Waals surface area (Å²) in [6.07, 6.45) is 0.641. The van der Waals surface area contributed by atoms with Crippen LogP contribution in [0.1, 0.15) is 12.8 Å². The van der Waals surface area contributed by atoms with Crippen molar-refractivity contribution >= 4 is 34.3 Å². The SMILES string of the molecule is O=C(NCC(F)(F)F)Nc1cccc2c1ccn2-c1ccnc(NC(=O)C2CC2)c1. The lowest BCUT2D eigenvalue weighted by molar-refractivity contribution is -0.122. The maximum Gasteiger partial charge on any atom is 0.405 e. The fourth-order valence-corrected chi connectivity index (χ4v) is 3.06. The smallest absolute Gasteiger partial charge is 0.329 e. The van der Waals surface area contributed by atoms with Gasteiger partial charge in [-0.1, -0.05) is 6.07 Å². The molecule has 0 atom stereocenters. The van der Waals surface area contributed by atoms with E-state index in [1.165, 1.54) is 0 Å². The van der Waals surface area contributed by atoms with Gasteiger partial charge in [-0.3, -0.25) is 4.79 Å². The molecule has 2 heterocycles. The molecule has 7 nitrogen and oxygen atoms in total. The highest BCUT2D eigenvalue weighted by atomic mass is 19.4. The number of rotatable bonds is 5. The second-order valence-electron chi connectivity index (χ2n) is 7.01. The number of hydrogen-bond acceptors (Lipinski definition) is 3. The molecular formula is C20H18F3N5O2. The third-order valence-corrected chi connectivity index (χ3v) is 4.65. The molecule has 1 aliphatic rings. The van der Waals surface area contributed by atoms with Gasteiger partial charge in [-0.15, -0.1) is 0 Å². The summed E-state index contributed by atoms with van der Waals surface area (Å²) in [7, 11) is 0. The lowest BCUT2D eigenvalue weighted by atomic mass is 10.2. The van der Waals surface area contributed by atoms with Crippen LogP contribution in [0.25, 0.3) is 16.6 Å². The lowest BCUT2D eigenvalue weighted by Gasteiger charge is -2.11. The largest absolute Gasteiger partial charge is 0.405 e. The minimum Gasteiger partial charge on any atom is -0.329 e. The summed E-state index contributed by atoms with van der Waals surface area (Å²) in [6, 6.07) is 9.41. The van der Waals surface area contributed by atoms with Gasteiger partial charge < -0.3 is 20.5 Å². The van der Waals surface area contributed by atoms with Crippen LogP contribution in [0.2, 0.25) is 0 Å². The molecule has 156 valence electrons. The van der Waals surface area contributed by atoms with Crippen LogP contribution < -0.4 is 16.0 Å². The molecular weight excluding hydrogens is 399 g/mol. The fourth-order valence-electron chi connectivity index (χ4n) is 3.06. The lowest BCUT2D eigenvalue weighted by Crippen LogP contribution is -2.36. The van der Waals surface area contributed by atoms with Crippen LogP contribution in [0.15, 0.2) is 48.8 Å². The van der Waals surface area contributed by atoms with Crippen LogP contribution in [-0.4, -0.2) is 34.2 Å². The zero-order valence-electron chi connectivity index (χ0n) is 15.7. The number of carbonyl (C=O) groups excluding carboxylic acids is 2. The Morgan fingerprint density at radius 2 is 1.93 bits per heavy atom. The number of nitrogens with one attached hydrogen (secondary N) is 3. The van der Waals surface area contributed by atoms with Crippen molar-refractivity contribution in [1.29, 1.82) is 0 Å². The van der Waals surface area contributed by atoms with E-state index in [1.54, 1.807) is 48.0 Å².